The van der Waals surface area contributed by atoms with Gasteiger partial charge in [-0.05, 0) is 31.7 Å². The molecule has 1 N–H and O–H groups in total. The SMILES string of the molecule is CCOc1ccc(C(CCl)NC)cc1F. The lowest BCUT2D eigenvalue weighted by Crippen LogP contribution is -2.17. The van der Waals surface area contributed by atoms with Crippen LogP contribution < -0.4 is 10.1 Å². The van der Waals surface area contributed by atoms with Crippen molar-refractivity contribution in [2.75, 3.05) is 19.5 Å². The van der Waals surface area contributed by atoms with Crippen molar-refractivity contribution in [2.24, 2.45) is 0 Å². The molecule has 0 saturated carbocycles. The lowest BCUT2D eigenvalue weighted by Gasteiger charge is -2.14. The van der Waals surface area contributed by atoms with Crippen molar-refractivity contribution in [3.05, 3.63) is 29.6 Å². The molecule has 1 aromatic carbocycles. The molecule has 0 amide bonds. The first kappa shape index (κ1) is 12.3. The van der Waals surface area contributed by atoms with Gasteiger partial charge in [-0.15, -0.1) is 11.6 Å². The Morgan fingerprint density at radius 3 is 2.73 bits per heavy atom. The Bertz CT molecular complexity index is 315. The van der Waals surface area contributed by atoms with E-state index >= 15 is 0 Å². The highest BCUT2D eigenvalue weighted by Gasteiger charge is 2.11. The molecular formula is C11H15ClFNO. The molecule has 2 nitrogen and oxygen atoms in total. The monoisotopic (exact) mass is 231 g/mol. The largest absolute Gasteiger partial charge is 0.491 e. The fourth-order valence-electron chi connectivity index (χ4n) is 1.34. The lowest BCUT2D eigenvalue weighted by molar-refractivity contribution is 0.321. The number of hydrogen-bond acceptors (Lipinski definition) is 2. The van der Waals surface area contributed by atoms with Gasteiger partial charge >= 0.3 is 0 Å². The summed E-state index contributed by atoms with van der Waals surface area (Å²) in [6.07, 6.45) is 0. The van der Waals surface area contributed by atoms with Crippen LogP contribution in [-0.4, -0.2) is 19.5 Å². The fraction of sp³-hybridized carbons (Fsp3) is 0.455. The lowest BCUT2D eigenvalue weighted by atomic mass is 10.1. The van der Waals surface area contributed by atoms with E-state index in [2.05, 4.69) is 5.32 Å². The maximum Gasteiger partial charge on any atom is 0.165 e. The van der Waals surface area contributed by atoms with Gasteiger partial charge in [0.2, 0.25) is 0 Å². The molecule has 1 unspecified atom stereocenters. The minimum atomic E-state index is -0.347. The average Bonchev–Trinajstić information content (AvgIpc) is 2.24. The second kappa shape index (κ2) is 5.93. The van der Waals surface area contributed by atoms with Gasteiger partial charge in [0.05, 0.1) is 6.61 Å². The van der Waals surface area contributed by atoms with Crippen LogP contribution in [0, 0.1) is 5.82 Å². The molecule has 1 rings (SSSR count). The Hall–Kier alpha value is -0.800. The Morgan fingerprint density at radius 2 is 2.27 bits per heavy atom. The molecule has 0 heterocycles. The van der Waals surface area contributed by atoms with Crippen molar-refractivity contribution in [2.45, 2.75) is 13.0 Å². The van der Waals surface area contributed by atoms with Crippen molar-refractivity contribution in [3.8, 4) is 5.75 Å². The van der Waals surface area contributed by atoms with Gasteiger partial charge in [0.25, 0.3) is 0 Å². The second-order valence-electron chi connectivity index (χ2n) is 3.12. The van der Waals surface area contributed by atoms with Crippen LogP contribution in [0.1, 0.15) is 18.5 Å². The second-order valence-corrected chi connectivity index (χ2v) is 3.43. The minimum Gasteiger partial charge on any atom is -0.491 e. The summed E-state index contributed by atoms with van der Waals surface area (Å²) in [6.45, 7) is 2.28. The van der Waals surface area contributed by atoms with Crippen LogP contribution in [0.4, 0.5) is 4.39 Å². The van der Waals surface area contributed by atoms with Crippen molar-refractivity contribution in [1.29, 1.82) is 0 Å². The topological polar surface area (TPSA) is 21.3 Å². The Kier molecular flexibility index (Phi) is 4.85. The Labute approximate surface area is 94.4 Å². The summed E-state index contributed by atoms with van der Waals surface area (Å²) in [5.41, 5.74) is 0.827. The molecule has 1 aromatic rings. The normalized spacial score (nSPS) is 12.5. The maximum absolute atomic E-state index is 13.5. The van der Waals surface area contributed by atoms with Crippen LogP contribution in [0.25, 0.3) is 0 Å². The smallest absolute Gasteiger partial charge is 0.165 e. The van der Waals surface area contributed by atoms with Crippen LogP contribution in [0.5, 0.6) is 5.75 Å². The average molecular weight is 232 g/mol. The van der Waals surface area contributed by atoms with E-state index in [9.17, 15) is 4.39 Å². The highest BCUT2D eigenvalue weighted by Crippen LogP contribution is 2.22. The summed E-state index contributed by atoms with van der Waals surface area (Å²) in [4.78, 5) is 0. The minimum absolute atomic E-state index is 0.0307. The summed E-state index contributed by atoms with van der Waals surface area (Å²) in [5, 5.41) is 3.01. The quantitative estimate of drug-likeness (QED) is 0.787. The summed E-state index contributed by atoms with van der Waals surface area (Å²) >= 11 is 5.74. The van der Waals surface area contributed by atoms with Crippen molar-refractivity contribution in [1.82, 2.24) is 5.32 Å². The van der Waals surface area contributed by atoms with Gasteiger partial charge in [0, 0.05) is 11.9 Å². The zero-order valence-electron chi connectivity index (χ0n) is 8.89. The molecule has 0 aliphatic rings. The Balaban J connectivity index is 2.89. The fourth-order valence-corrected chi connectivity index (χ4v) is 1.67. The zero-order valence-corrected chi connectivity index (χ0v) is 9.64. The standard InChI is InChI=1S/C11H15ClFNO/c1-3-15-11-5-4-8(6-9(11)13)10(7-12)14-2/h4-6,10,14H,3,7H2,1-2H3. The van der Waals surface area contributed by atoms with Crippen molar-refractivity contribution < 1.29 is 9.13 Å². The van der Waals surface area contributed by atoms with Gasteiger partial charge in [-0.3, -0.25) is 0 Å². The molecule has 0 bridgehead atoms. The van der Waals surface area contributed by atoms with Crippen LogP contribution in [0.3, 0.4) is 0 Å². The van der Waals surface area contributed by atoms with E-state index in [0.29, 0.717) is 12.5 Å². The van der Waals surface area contributed by atoms with Gasteiger partial charge in [0.15, 0.2) is 11.6 Å². The van der Waals surface area contributed by atoms with Gasteiger partial charge < -0.3 is 10.1 Å². The molecule has 0 fully saturated rings. The van der Waals surface area contributed by atoms with E-state index in [1.165, 1.54) is 6.07 Å². The maximum atomic E-state index is 13.5. The highest BCUT2D eigenvalue weighted by molar-refractivity contribution is 6.18. The van der Waals surface area contributed by atoms with Crippen molar-refractivity contribution in [3.63, 3.8) is 0 Å². The van der Waals surface area contributed by atoms with Gasteiger partial charge in [0.1, 0.15) is 0 Å². The molecule has 0 radical (unpaired) electrons. The van der Waals surface area contributed by atoms with E-state index in [4.69, 9.17) is 16.3 Å². The molecule has 0 aromatic heterocycles. The zero-order chi connectivity index (χ0) is 11.3. The highest BCUT2D eigenvalue weighted by atomic mass is 35.5. The number of halogens is 2. The van der Waals surface area contributed by atoms with Crippen LogP contribution >= 0.6 is 11.6 Å². The van der Waals surface area contributed by atoms with Gasteiger partial charge in [-0.25, -0.2) is 4.39 Å². The van der Waals surface area contributed by atoms with E-state index in [1.54, 1.807) is 13.1 Å². The molecule has 0 aliphatic heterocycles. The number of hydrogen-bond donors (Lipinski definition) is 1. The first-order chi connectivity index (χ1) is 7.22. The van der Waals surface area contributed by atoms with Gasteiger partial charge in [-0.2, -0.15) is 0 Å². The van der Waals surface area contributed by atoms with Crippen LogP contribution in [-0.2, 0) is 0 Å². The molecule has 0 saturated heterocycles. The van der Waals surface area contributed by atoms with Crippen LogP contribution in [0.15, 0.2) is 18.2 Å². The summed E-state index contributed by atoms with van der Waals surface area (Å²) in [5.74, 6) is 0.342. The van der Waals surface area contributed by atoms with E-state index < -0.39 is 0 Å². The summed E-state index contributed by atoms with van der Waals surface area (Å²) in [7, 11) is 1.79. The molecule has 4 heteroatoms. The third kappa shape index (κ3) is 3.08. The van der Waals surface area contributed by atoms with E-state index in [-0.39, 0.29) is 17.6 Å². The molecule has 0 aliphatic carbocycles. The number of nitrogens with one attached hydrogen (secondary N) is 1. The number of rotatable bonds is 5. The first-order valence-corrected chi connectivity index (χ1v) is 5.41. The third-order valence-corrected chi connectivity index (χ3v) is 2.47. The number of ether oxygens (including phenoxy) is 1. The molecule has 15 heavy (non-hydrogen) atoms. The molecule has 84 valence electrons. The predicted octanol–water partition coefficient (Wildman–Crippen LogP) is 2.72. The first-order valence-electron chi connectivity index (χ1n) is 4.88. The van der Waals surface area contributed by atoms with E-state index in [0.717, 1.165) is 5.56 Å². The summed E-state index contributed by atoms with van der Waals surface area (Å²) < 4.78 is 18.6. The van der Waals surface area contributed by atoms with Gasteiger partial charge in [-0.1, -0.05) is 6.07 Å². The third-order valence-electron chi connectivity index (χ3n) is 2.16. The molecule has 1 atom stereocenters. The number of benzene rings is 1. The number of alkyl halides is 1. The molecular weight excluding hydrogens is 217 g/mol. The predicted molar refractivity (Wildman–Crippen MR) is 60.1 cm³/mol. The Morgan fingerprint density at radius 1 is 1.53 bits per heavy atom. The molecule has 0 spiro atoms. The van der Waals surface area contributed by atoms with Crippen LogP contribution in [0.2, 0.25) is 0 Å². The van der Waals surface area contributed by atoms with E-state index in [1.807, 2.05) is 13.0 Å². The van der Waals surface area contributed by atoms with Crippen molar-refractivity contribution >= 4 is 11.6 Å². The summed E-state index contributed by atoms with van der Waals surface area (Å²) in [6, 6.07) is 4.87.